The number of hydrogen-bond donors (Lipinski definition) is 0. The lowest BCUT2D eigenvalue weighted by Gasteiger charge is -2.45. The number of carbonyl (C=O) groups is 1. The number of benzene rings is 4. The molecule has 2 aliphatic rings. The van der Waals surface area contributed by atoms with Crippen LogP contribution >= 0.6 is 0 Å². The van der Waals surface area contributed by atoms with Crippen LogP contribution in [0.1, 0.15) is 56.9 Å². The van der Waals surface area contributed by atoms with Crippen LogP contribution in [0.3, 0.4) is 0 Å². The molecule has 1 amide bonds. The molecule has 2 fully saturated rings. The topological polar surface area (TPSA) is 84.9 Å². The smallest absolute Gasteiger partial charge is 0.413 e. The van der Waals surface area contributed by atoms with Crippen molar-refractivity contribution in [1.82, 2.24) is 4.90 Å². The molecule has 0 radical (unpaired) electrons. The summed E-state index contributed by atoms with van der Waals surface area (Å²) < 4.78 is 45.8. The molecule has 0 unspecified atom stereocenters. The summed E-state index contributed by atoms with van der Waals surface area (Å²) in [5, 5.41) is 0. The Hall–Kier alpha value is -4.35. The largest absolute Gasteiger partial charge is 0.444 e. The molecule has 6 rings (SSSR count). The summed E-state index contributed by atoms with van der Waals surface area (Å²) in [5.41, 5.74) is 2.59. The predicted molar refractivity (Wildman–Crippen MR) is 211 cm³/mol. The average molecular weight is 750 g/mol. The van der Waals surface area contributed by atoms with Gasteiger partial charge < -0.3 is 33.2 Å². The third-order valence-electron chi connectivity index (χ3n) is 9.55. The van der Waals surface area contributed by atoms with Crippen LogP contribution in [0.5, 0.6) is 0 Å². The minimum Gasteiger partial charge on any atom is -0.444 e. The van der Waals surface area contributed by atoms with Crippen molar-refractivity contribution in [2.75, 3.05) is 13.2 Å². The van der Waals surface area contributed by atoms with Gasteiger partial charge in [-0.3, -0.25) is 4.90 Å². The van der Waals surface area contributed by atoms with Crippen molar-refractivity contribution < 1.29 is 38.0 Å². The van der Waals surface area contributed by atoms with Gasteiger partial charge in [-0.1, -0.05) is 133 Å². The molecular formula is C46H55NO8. The summed E-state index contributed by atoms with van der Waals surface area (Å²) in [6, 6.07) is 39.9. The average Bonchev–Trinajstić information content (AvgIpc) is 3.49. The van der Waals surface area contributed by atoms with Gasteiger partial charge in [0.1, 0.15) is 41.8 Å². The first-order chi connectivity index (χ1) is 26.6. The standard InChI is InChI=1S/C46H55NO8/c1-45(2,3)55-44(48)47-38(32-53-46(47,4)5)26-27-39-41(50-29-35-20-12-7-13-21-35)43(52-31-37-24-16-9-17-25-37)42(51-30-36-22-14-8-15-23-36)40(54-39)33-49-28-34-18-10-6-11-19-34/h6-27,38-43H,28-33H2,1-5H3/t38-,39+,40-,41+,42-,43-/m1/s1. The van der Waals surface area contributed by atoms with E-state index < -0.39 is 54.0 Å². The fourth-order valence-electron chi connectivity index (χ4n) is 6.86. The Morgan fingerprint density at radius 1 is 0.673 bits per heavy atom. The molecule has 4 aromatic rings. The number of amides is 1. The van der Waals surface area contributed by atoms with Gasteiger partial charge >= 0.3 is 6.09 Å². The second kappa shape index (κ2) is 19.0. The van der Waals surface area contributed by atoms with E-state index >= 15 is 0 Å². The first kappa shape index (κ1) is 40.3. The van der Waals surface area contributed by atoms with Crippen LogP contribution in [-0.4, -0.2) is 72.1 Å². The summed E-state index contributed by atoms with van der Waals surface area (Å²) in [6.07, 6.45) is 0.626. The van der Waals surface area contributed by atoms with Crippen LogP contribution in [0.25, 0.3) is 0 Å². The second-order valence-corrected chi connectivity index (χ2v) is 15.5. The normalized spacial score (nSPS) is 23.9. The number of carbonyl (C=O) groups excluding carboxylic acids is 1. The summed E-state index contributed by atoms with van der Waals surface area (Å²) in [4.78, 5) is 15.2. The third-order valence-corrected chi connectivity index (χ3v) is 9.55. The Morgan fingerprint density at radius 2 is 1.13 bits per heavy atom. The lowest BCUT2D eigenvalue weighted by molar-refractivity contribution is -0.263. The van der Waals surface area contributed by atoms with E-state index in [1.807, 2.05) is 168 Å². The number of rotatable bonds is 15. The minimum absolute atomic E-state index is 0.249. The summed E-state index contributed by atoms with van der Waals surface area (Å²) in [6.45, 7) is 11.3. The lowest BCUT2D eigenvalue weighted by atomic mass is 9.93. The van der Waals surface area contributed by atoms with Crippen LogP contribution in [-0.2, 0) is 59.6 Å². The molecule has 9 heteroatoms. The molecule has 55 heavy (non-hydrogen) atoms. The van der Waals surface area contributed by atoms with E-state index in [2.05, 4.69) is 0 Å². The van der Waals surface area contributed by atoms with E-state index in [1.54, 1.807) is 4.90 Å². The van der Waals surface area contributed by atoms with E-state index in [0.717, 1.165) is 22.3 Å². The van der Waals surface area contributed by atoms with Crippen LogP contribution in [0.2, 0.25) is 0 Å². The molecule has 0 aromatic heterocycles. The fourth-order valence-corrected chi connectivity index (χ4v) is 6.86. The maximum atomic E-state index is 13.5. The molecule has 6 atom stereocenters. The lowest BCUT2D eigenvalue weighted by Crippen LogP contribution is -2.60. The number of ether oxygens (including phenoxy) is 7. The van der Waals surface area contributed by atoms with Gasteiger partial charge in [0.05, 0.1) is 45.7 Å². The van der Waals surface area contributed by atoms with Crippen molar-refractivity contribution in [3.05, 3.63) is 156 Å². The summed E-state index contributed by atoms with van der Waals surface area (Å²) in [5.74, 6) is 0. The molecule has 0 bridgehead atoms. The van der Waals surface area contributed by atoms with Crippen molar-refractivity contribution in [1.29, 1.82) is 0 Å². The van der Waals surface area contributed by atoms with E-state index in [4.69, 9.17) is 33.2 Å². The van der Waals surface area contributed by atoms with Gasteiger partial charge in [-0.25, -0.2) is 4.79 Å². The Labute approximate surface area is 326 Å². The highest BCUT2D eigenvalue weighted by molar-refractivity contribution is 5.70. The summed E-state index contributed by atoms with van der Waals surface area (Å²) in [7, 11) is 0. The quantitative estimate of drug-likeness (QED) is 0.112. The molecule has 0 N–H and O–H groups in total. The maximum absolute atomic E-state index is 13.5. The zero-order valence-electron chi connectivity index (χ0n) is 32.6. The molecule has 2 saturated heterocycles. The van der Waals surface area contributed by atoms with Gasteiger partial charge in [-0.2, -0.15) is 0 Å². The third kappa shape index (κ3) is 11.6. The van der Waals surface area contributed by atoms with E-state index in [1.165, 1.54) is 0 Å². The summed E-state index contributed by atoms with van der Waals surface area (Å²) >= 11 is 0. The number of hydrogen-bond acceptors (Lipinski definition) is 8. The Bertz CT molecular complexity index is 1760. The fraction of sp³-hybridized carbons (Fsp3) is 0.413. The molecule has 4 aromatic carbocycles. The van der Waals surface area contributed by atoms with Crippen molar-refractivity contribution >= 4 is 6.09 Å². The van der Waals surface area contributed by atoms with Gasteiger partial charge in [0.2, 0.25) is 0 Å². The monoisotopic (exact) mass is 749 g/mol. The minimum atomic E-state index is -0.876. The highest BCUT2D eigenvalue weighted by Gasteiger charge is 2.49. The van der Waals surface area contributed by atoms with Gasteiger partial charge in [-0.15, -0.1) is 0 Å². The van der Waals surface area contributed by atoms with Crippen LogP contribution in [0, 0.1) is 0 Å². The van der Waals surface area contributed by atoms with Crippen LogP contribution < -0.4 is 0 Å². The van der Waals surface area contributed by atoms with Crippen LogP contribution in [0.4, 0.5) is 4.79 Å². The van der Waals surface area contributed by atoms with Crippen molar-refractivity contribution in [3.8, 4) is 0 Å². The van der Waals surface area contributed by atoms with Gasteiger partial charge in [0.25, 0.3) is 0 Å². The van der Waals surface area contributed by atoms with E-state index in [0.29, 0.717) is 33.0 Å². The molecule has 0 aliphatic carbocycles. The van der Waals surface area contributed by atoms with Crippen molar-refractivity contribution in [2.45, 2.75) is 109 Å². The first-order valence-corrected chi connectivity index (χ1v) is 19.1. The SMILES string of the molecule is CC(C)(C)OC(=O)N1[C@H](C=C[C@@H]2O[C@H](COCc3ccccc3)[C@@H](OCc3ccccc3)[C@H](OCc3ccccc3)[C@H]2OCc2ccccc2)COC1(C)C. The number of nitrogens with zero attached hydrogens (tertiary/aromatic N) is 1. The molecular weight excluding hydrogens is 695 g/mol. The molecule has 0 saturated carbocycles. The van der Waals surface area contributed by atoms with Crippen LogP contribution in [0.15, 0.2) is 133 Å². The zero-order valence-corrected chi connectivity index (χ0v) is 32.6. The van der Waals surface area contributed by atoms with Gasteiger partial charge in [0.15, 0.2) is 0 Å². The Balaban J connectivity index is 1.34. The Kier molecular flexibility index (Phi) is 13.9. The van der Waals surface area contributed by atoms with E-state index in [9.17, 15) is 4.79 Å². The highest BCUT2D eigenvalue weighted by Crippen LogP contribution is 2.34. The van der Waals surface area contributed by atoms with E-state index in [-0.39, 0.29) is 6.61 Å². The first-order valence-electron chi connectivity index (χ1n) is 19.1. The molecule has 2 heterocycles. The zero-order chi connectivity index (χ0) is 38.7. The highest BCUT2D eigenvalue weighted by atomic mass is 16.6. The van der Waals surface area contributed by atoms with Gasteiger partial charge in [-0.05, 0) is 56.9 Å². The van der Waals surface area contributed by atoms with Crippen molar-refractivity contribution in [3.63, 3.8) is 0 Å². The molecule has 0 spiro atoms. The Morgan fingerprint density at radius 3 is 1.62 bits per heavy atom. The molecule has 9 nitrogen and oxygen atoms in total. The molecule has 292 valence electrons. The molecule has 2 aliphatic heterocycles. The second-order valence-electron chi connectivity index (χ2n) is 15.5. The van der Waals surface area contributed by atoms with Crippen molar-refractivity contribution in [2.24, 2.45) is 0 Å². The van der Waals surface area contributed by atoms with Gasteiger partial charge in [0, 0.05) is 0 Å². The predicted octanol–water partition coefficient (Wildman–Crippen LogP) is 8.66. The maximum Gasteiger partial charge on any atom is 0.413 e.